The molecule has 12 aromatic carbocycles. The molecule has 0 spiro atoms. The second-order valence-corrected chi connectivity index (χ2v) is 28.7. The van der Waals surface area contributed by atoms with Gasteiger partial charge in [-0.1, -0.05) is 329 Å². The van der Waals surface area contributed by atoms with E-state index < -0.39 is 7.12 Å². The number of rotatable bonds is 12. The van der Waals surface area contributed by atoms with Gasteiger partial charge in [0.25, 0.3) is 0 Å². The second-order valence-electron chi connectivity index (χ2n) is 28.4. The van der Waals surface area contributed by atoms with Crippen molar-refractivity contribution in [1.82, 2.24) is 49.1 Å². The Hall–Kier alpha value is -13.2. The second kappa shape index (κ2) is 30.8. The van der Waals surface area contributed by atoms with Crippen LogP contribution in [0.5, 0.6) is 0 Å². The highest BCUT2D eigenvalue weighted by Gasteiger charge is 2.51. The van der Waals surface area contributed by atoms with Crippen LogP contribution >= 0.6 is 11.6 Å². The van der Waals surface area contributed by atoms with Crippen LogP contribution in [0.4, 0.5) is 0 Å². The van der Waals surface area contributed by atoms with Crippen LogP contribution in [0.25, 0.3) is 157 Å². The highest BCUT2D eigenvalue weighted by molar-refractivity contribution is 6.62. The molecular weight excluding hydrogens is 1380 g/mol. The van der Waals surface area contributed by atoms with E-state index in [0.29, 0.717) is 29.1 Å². The molecule has 6 aromatic heterocycles. The van der Waals surface area contributed by atoms with Gasteiger partial charge in [-0.25, -0.2) is 29.0 Å². The summed E-state index contributed by atoms with van der Waals surface area (Å²) in [6.45, 7) is 12.7. The van der Waals surface area contributed by atoms with Gasteiger partial charge >= 0.3 is 7.12 Å². The van der Waals surface area contributed by atoms with Crippen LogP contribution in [0.1, 0.15) is 47.7 Å². The third-order valence-electron chi connectivity index (χ3n) is 20.7. The van der Waals surface area contributed by atoms with Crippen molar-refractivity contribution in [2.75, 3.05) is 0 Å². The summed E-state index contributed by atoms with van der Waals surface area (Å²) >= 11 is 6.11. The topological polar surface area (TPSA) is 130 Å². The summed E-state index contributed by atoms with van der Waals surface area (Å²) in [5.41, 5.74) is 22.3. The van der Waals surface area contributed by atoms with Gasteiger partial charge in [0.1, 0.15) is 0 Å². The number of benzene rings is 12. The lowest BCUT2D eigenvalue weighted by atomic mass is 9.78. The average molecular weight is 1470 g/mol. The maximum atomic E-state index is 6.32. The van der Waals surface area contributed by atoms with Crippen LogP contribution in [0, 0.1) is 13.8 Å². The van der Waals surface area contributed by atoms with E-state index in [1.165, 1.54) is 32.7 Å². The number of fused-ring (bicyclic) bond motifs is 6. The zero-order valence-corrected chi connectivity index (χ0v) is 62.3. The van der Waals surface area contributed by atoms with Crippen molar-refractivity contribution in [3.05, 3.63) is 356 Å². The van der Waals surface area contributed by atoms with Gasteiger partial charge in [-0.05, 0) is 110 Å². The summed E-state index contributed by atoms with van der Waals surface area (Å²) in [6.07, 6.45) is 0. The highest BCUT2D eigenvalue weighted by Crippen LogP contribution is 2.41. The Balaban J connectivity index is 0.000000140. The summed E-state index contributed by atoms with van der Waals surface area (Å²) in [5, 5.41) is 15.4. The minimum absolute atomic E-state index is 0. The summed E-state index contributed by atoms with van der Waals surface area (Å²) in [7, 11) is -0.405. The average Bonchev–Trinajstić information content (AvgIpc) is 1.59. The number of hydrogen-bond donors (Lipinski definition) is 0. The molecule has 18 aromatic rings. The minimum Gasteiger partial charge on any atom is -0.399 e. The Morgan fingerprint density at radius 1 is 0.297 bits per heavy atom. The van der Waals surface area contributed by atoms with Gasteiger partial charge in [-0.3, -0.25) is 0 Å². The molecule has 0 N–H and O–H groups in total. The van der Waals surface area contributed by atoms with Crippen molar-refractivity contribution >= 4 is 56.8 Å². The molecule has 0 saturated carbocycles. The Bertz CT molecular complexity index is 6360. The molecule has 1 fully saturated rings. The van der Waals surface area contributed by atoms with E-state index >= 15 is 0 Å². The zero-order chi connectivity index (χ0) is 74.9. The molecule has 7 heterocycles. The third-order valence-corrected chi connectivity index (χ3v) is 20.9. The fraction of sp³-hybridized carbons (Fsp3) is 0.0928. The van der Waals surface area contributed by atoms with E-state index in [4.69, 9.17) is 46.1 Å². The van der Waals surface area contributed by atoms with E-state index in [1.54, 1.807) is 0 Å². The van der Waals surface area contributed by atoms with Crippen LogP contribution in [-0.4, -0.2) is 67.5 Å². The van der Waals surface area contributed by atoms with Crippen molar-refractivity contribution in [3.63, 3.8) is 0 Å². The fourth-order valence-electron chi connectivity index (χ4n) is 14.3. The number of pyridine rings is 2. The molecule has 12 nitrogen and oxygen atoms in total. The lowest BCUT2D eigenvalue weighted by Crippen LogP contribution is -2.41. The SMILES string of the molecule is C.Cc1c(-c2cccc(-c3nc(-c4ccccc4)nc(-c4ccc(-c5ccccc5)cc4)n3)c2)nn2c(-c3ccccc3)cc3ccccc3c12.Cc1c(-c2cccc(B3OC(C)(C)C(C)(C)O3)c2)nn2c(-c3ccccc3)cc3ccccc3c12.Clc1nc(-c2ccccc2)nc(-c2ccc(-c3ccccc3)cc2)n1.[2HH]. The van der Waals surface area contributed by atoms with Crippen molar-refractivity contribution in [2.45, 2.75) is 60.2 Å². The molecule has 540 valence electrons. The quantitative estimate of drug-likeness (QED) is 0.109. The van der Waals surface area contributed by atoms with Gasteiger partial charge in [0.05, 0.1) is 45.0 Å². The highest BCUT2D eigenvalue weighted by atomic mass is 35.5. The monoisotopic (exact) mass is 1460 g/mol. The molecule has 14 heteroatoms. The Kier molecular flexibility index (Phi) is 20.0. The molecule has 1 saturated heterocycles. The van der Waals surface area contributed by atoms with E-state index in [0.717, 1.165) is 112 Å². The van der Waals surface area contributed by atoms with Crippen molar-refractivity contribution < 1.29 is 10.7 Å². The molecule has 0 aliphatic carbocycles. The van der Waals surface area contributed by atoms with Gasteiger partial charge in [0.15, 0.2) is 29.1 Å². The predicted molar refractivity (Wildman–Crippen MR) is 457 cm³/mol. The molecule has 0 amide bonds. The molecule has 111 heavy (non-hydrogen) atoms. The molecular formula is C97H80BClN10O2. The van der Waals surface area contributed by atoms with Crippen molar-refractivity contribution in [3.8, 4) is 124 Å². The Morgan fingerprint density at radius 3 is 0.991 bits per heavy atom. The largest absolute Gasteiger partial charge is 0.494 e. The number of aryl methyl sites for hydroxylation is 2. The van der Waals surface area contributed by atoms with Crippen LogP contribution in [0.3, 0.4) is 0 Å². The maximum Gasteiger partial charge on any atom is 0.494 e. The smallest absolute Gasteiger partial charge is 0.399 e. The first kappa shape index (κ1) is 72.1. The number of nitrogens with zero attached hydrogens (tertiary/aromatic N) is 10. The molecule has 1 aliphatic rings. The standard InChI is InChI=1S/C45H31N5.C30H29BN2O2.C21H14ClN3.CH4.H2/c1-30-41(49-50-40(33-16-7-3-8-17-33)29-36-20-11-12-23-39(36)42(30)50)37-21-13-22-38(28-37)45-47-43(34-18-9-4-10-19-34)46-44(48-45)35-26-24-32(25-27-35)31-14-5-2-6-15-31;1-20-27(23-15-11-16-24(18-23)31-34-29(2,3)30(4,5)35-31)32-33-26(21-12-7-6-8-13-21)19-22-14-9-10-17-25(22)28(20)33;22-21-24-19(17-9-5-2-6-10-17)23-20(25-21)18-13-11-16(12-14-18)15-7-3-1-4-8-15;;/h2-29H,1H3;6-19H,1-5H3;1-14H;1H4;1H/i;;;;1+1. The summed E-state index contributed by atoms with van der Waals surface area (Å²) in [4.78, 5) is 28.1. The summed E-state index contributed by atoms with van der Waals surface area (Å²) in [5.74, 6) is 3.01. The molecule has 0 radical (unpaired) electrons. The van der Waals surface area contributed by atoms with Gasteiger partial charge in [-0.15, -0.1) is 0 Å². The first-order chi connectivity index (χ1) is 53.7. The fourth-order valence-corrected chi connectivity index (χ4v) is 14.5. The zero-order valence-electron chi connectivity index (χ0n) is 61.6. The van der Waals surface area contributed by atoms with Crippen LogP contribution in [-0.2, 0) is 9.31 Å². The molecule has 1 aliphatic heterocycles. The summed E-state index contributed by atoms with van der Waals surface area (Å²) in [6, 6.07) is 116. The predicted octanol–water partition coefficient (Wildman–Crippen LogP) is 23.8. The lowest BCUT2D eigenvalue weighted by Gasteiger charge is -2.32. The Labute approximate surface area is 653 Å². The van der Waals surface area contributed by atoms with E-state index in [-0.39, 0.29) is 25.3 Å². The minimum atomic E-state index is -0.405. The molecule has 0 unspecified atom stereocenters. The number of aromatic nitrogens is 10. The van der Waals surface area contributed by atoms with Gasteiger partial charge < -0.3 is 9.31 Å². The lowest BCUT2D eigenvalue weighted by molar-refractivity contribution is 0.00578. The first-order valence-electron chi connectivity index (χ1n) is 36.8. The molecule has 0 bridgehead atoms. The van der Waals surface area contributed by atoms with Crippen molar-refractivity contribution in [1.29, 1.82) is 0 Å². The van der Waals surface area contributed by atoms with E-state index in [2.05, 4.69) is 296 Å². The van der Waals surface area contributed by atoms with Gasteiger partial charge in [0.2, 0.25) is 5.28 Å². The van der Waals surface area contributed by atoms with Crippen molar-refractivity contribution in [2.24, 2.45) is 0 Å². The van der Waals surface area contributed by atoms with Crippen LogP contribution in [0.2, 0.25) is 5.28 Å². The summed E-state index contributed by atoms with van der Waals surface area (Å²) < 4.78 is 16.8. The van der Waals surface area contributed by atoms with E-state index in [9.17, 15) is 0 Å². The van der Waals surface area contributed by atoms with Crippen LogP contribution < -0.4 is 5.46 Å². The van der Waals surface area contributed by atoms with Crippen LogP contribution in [0.15, 0.2) is 340 Å². The number of halogens is 1. The third kappa shape index (κ3) is 14.6. The van der Waals surface area contributed by atoms with Gasteiger partial charge in [0, 0.05) is 73.4 Å². The Morgan fingerprint density at radius 2 is 0.586 bits per heavy atom. The normalized spacial score (nSPS) is 12.8. The number of hydrogen-bond acceptors (Lipinski definition) is 10. The van der Waals surface area contributed by atoms with E-state index in [1.807, 2.05) is 109 Å². The maximum absolute atomic E-state index is 6.32. The first-order valence-corrected chi connectivity index (χ1v) is 37.2. The molecule has 19 rings (SSSR count). The molecule has 0 atom stereocenters. The van der Waals surface area contributed by atoms with Gasteiger partial charge in [-0.2, -0.15) is 20.2 Å².